The number of terminal acetylenes is 2. The van der Waals surface area contributed by atoms with Gasteiger partial charge in [0, 0.05) is 6.42 Å². The summed E-state index contributed by atoms with van der Waals surface area (Å²) in [5.74, 6) is 16.3. The predicted molar refractivity (Wildman–Crippen MR) is 212 cm³/mol. The molecule has 0 fully saturated rings. The number of aliphatic hydroxyl groups is 3. The van der Waals surface area contributed by atoms with Crippen molar-refractivity contribution in [2.45, 2.75) is 179 Å². The van der Waals surface area contributed by atoms with E-state index in [1.807, 2.05) is 12.2 Å². The largest absolute Gasteiger partial charge is 0.389 e. The molecule has 0 bridgehead atoms. The summed E-state index contributed by atoms with van der Waals surface area (Å²) in [6.45, 7) is 0. The molecule has 0 aliphatic heterocycles. The summed E-state index contributed by atoms with van der Waals surface area (Å²) in [4.78, 5) is 0. The predicted octanol–water partition coefficient (Wildman–Crippen LogP) is 10.9. The van der Waals surface area contributed by atoms with Gasteiger partial charge in [0.1, 0.15) is 6.10 Å². The Labute approximate surface area is 302 Å². The minimum absolute atomic E-state index is 0.386. The van der Waals surface area contributed by atoms with E-state index >= 15 is 0 Å². The van der Waals surface area contributed by atoms with Crippen LogP contribution in [0.4, 0.5) is 0 Å². The first-order chi connectivity index (χ1) is 24.1. The number of rotatable bonds is 30. The number of hydrogen-bond donors (Lipinski definition) is 3. The van der Waals surface area contributed by atoms with Gasteiger partial charge in [0.25, 0.3) is 0 Å². The van der Waals surface area contributed by atoms with Crippen molar-refractivity contribution in [2.75, 3.05) is 0 Å². The molecule has 0 aromatic rings. The molecule has 3 unspecified atom stereocenters. The molecular weight excluding hydrogens is 601 g/mol. The normalized spacial score (nSPS) is 13.4. The second-order valence-electron chi connectivity index (χ2n) is 12.8. The summed E-state index contributed by atoms with van der Waals surface area (Å²) in [5.41, 5.74) is 0. The standard InChI is InChI=1S/C46H68O3/c1-3-5-39-45(48)41-36-32-28-24-20-16-11-9-7-6-8-10-12-17-21-25-29-33-37-42-46(49)43-38-34-30-26-22-18-14-13-15-19-23-27-31-35-40-44(47)4-2/h1-2,5,12,14,17-18,29,33,35,39-40,44-49H,6-11,13,15-16,19-28,30-32,34,36,41H2. The van der Waals surface area contributed by atoms with Crippen LogP contribution in [0.25, 0.3) is 0 Å². The number of allylic oxidation sites excluding steroid dienone is 8. The van der Waals surface area contributed by atoms with Gasteiger partial charge in [-0.05, 0) is 101 Å². The van der Waals surface area contributed by atoms with Crippen molar-refractivity contribution in [3.63, 3.8) is 0 Å². The van der Waals surface area contributed by atoms with Gasteiger partial charge < -0.3 is 15.3 Å². The van der Waals surface area contributed by atoms with Gasteiger partial charge in [-0.1, -0.05) is 149 Å². The molecule has 0 heterocycles. The van der Waals surface area contributed by atoms with E-state index in [-0.39, 0.29) is 6.10 Å². The summed E-state index contributed by atoms with van der Waals surface area (Å²) in [6, 6.07) is 0. The Hall–Kier alpha value is -3.18. The Morgan fingerprint density at radius 2 is 0.959 bits per heavy atom. The van der Waals surface area contributed by atoms with Crippen LogP contribution in [-0.2, 0) is 0 Å². The molecule has 0 saturated heterocycles. The lowest BCUT2D eigenvalue weighted by molar-refractivity contribution is 0.208. The van der Waals surface area contributed by atoms with Crippen LogP contribution < -0.4 is 0 Å². The molecule has 0 aliphatic carbocycles. The van der Waals surface area contributed by atoms with Crippen molar-refractivity contribution < 1.29 is 15.3 Å². The minimum atomic E-state index is -0.875. The van der Waals surface area contributed by atoms with E-state index in [1.54, 1.807) is 18.2 Å². The molecule has 3 heteroatoms. The van der Waals surface area contributed by atoms with Crippen molar-refractivity contribution in [3.05, 3.63) is 60.8 Å². The first kappa shape index (κ1) is 45.8. The molecule has 0 amide bonds. The molecule has 270 valence electrons. The molecular formula is C46H68O3. The molecule has 0 spiro atoms. The SMILES string of the molecule is C#CC=CC(O)CCCCCCCCCCCCCC=CCCC=CC#CC(O)C#CCCCCC=CCCCCCCC=CC(O)C#C. The smallest absolute Gasteiger partial charge is 0.176 e. The third kappa shape index (κ3) is 39.1. The second kappa shape index (κ2) is 39.3. The summed E-state index contributed by atoms with van der Waals surface area (Å²) < 4.78 is 0. The molecule has 0 radical (unpaired) electrons. The average molecular weight is 669 g/mol. The molecule has 0 aromatic heterocycles. The van der Waals surface area contributed by atoms with Crippen LogP contribution in [0.2, 0.25) is 0 Å². The quantitative estimate of drug-likeness (QED) is 0.0406. The van der Waals surface area contributed by atoms with E-state index in [0.29, 0.717) is 0 Å². The Bertz CT molecular complexity index is 1100. The Morgan fingerprint density at radius 1 is 0.469 bits per heavy atom. The summed E-state index contributed by atoms with van der Waals surface area (Å²) in [7, 11) is 0. The van der Waals surface area contributed by atoms with E-state index in [4.69, 9.17) is 12.8 Å². The molecule has 0 rings (SSSR count). The lowest BCUT2D eigenvalue weighted by Gasteiger charge is -2.05. The van der Waals surface area contributed by atoms with Gasteiger partial charge in [-0.2, -0.15) is 0 Å². The Morgan fingerprint density at radius 3 is 1.53 bits per heavy atom. The minimum Gasteiger partial charge on any atom is -0.389 e. The van der Waals surface area contributed by atoms with E-state index in [0.717, 1.165) is 70.6 Å². The van der Waals surface area contributed by atoms with Crippen molar-refractivity contribution in [1.29, 1.82) is 0 Å². The van der Waals surface area contributed by atoms with Gasteiger partial charge in [0.05, 0.1) is 6.10 Å². The highest BCUT2D eigenvalue weighted by Crippen LogP contribution is 2.14. The second-order valence-corrected chi connectivity index (χ2v) is 12.8. The van der Waals surface area contributed by atoms with Crippen LogP contribution in [0.15, 0.2) is 60.8 Å². The molecule has 3 N–H and O–H groups in total. The lowest BCUT2D eigenvalue weighted by atomic mass is 10.0. The fourth-order valence-corrected chi connectivity index (χ4v) is 5.24. The maximum Gasteiger partial charge on any atom is 0.176 e. The zero-order valence-corrected chi connectivity index (χ0v) is 30.7. The number of unbranched alkanes of at least 4 members (excludes halogenated alkanes) is 20. The van der Waals surface area contributed by atoms with Crippen LogP contribution in [0, 0.1) is 48.4 Å². The van der Waals surface area contributed by atoms with Crippen molar-refractivity contribution in [2.24, 2.45) is 0 Å². The first-order valence-electron chi connectivity index (χ1n) is 19.3. The van der Waals surface area contributed by atoms with Gasteiger partial charge in [-0.15, -0.1) is 12.8 Å². The molecule has 0 aliphatic rings. The number of hydrogen-bond acceptors (Lipinski definition) is 3. The average Bonchev–Trinajstić information content (AvgIpc) is 3.10. The monoisotopic (exact) mass is 669 g/mol. The first-order valence-corrected chi connectivity index (χ1v) is 19.3. The Kier molecular flexibility index (Phi) is 36.7. The topological polar surface area (TPSA) is 60.7 Å². The highest BCUT2D eigenvalue weighted by Gasteiger charge is 1.99. The molecule has 3 nitrogen and oxygen atoms in total. The van der Waals surface area contributed by atoms with Crippen molar-refractivity contribution in [3.8, 4) is 48.4 Å². The van der Waals surface area contributed by atoms with Crippen molar-refractivity contribution in [1.82, 2.24) is 0 Å². The molecule has 3 atom stereocenters. The van der Waals surface area contributed by atoms with Crippen LogP contribution in [0.5, 0.6) is 0 Å². The van der Waals surface area contributed by atoms with Gasteiger partial charge in [-0.25, -0.2) is 0 Å². The zero-order chi connectivity index (χ0) is 35.7. The van der Waals surface area contributed by atoms with Crippen LogP contribution >= 0.6 is 0 Å². The number of aliphatic hydroxyl groups excluding tert-OH is 3. The maximum atomic E-state index is 9.93. The summed E-state index contributed by atoms with van der Waals surface area (Å²) >= 11 is 0. The molecule has 0 saturated carbocycles. The van der Waals surface area contributed by atoms with E-state index in [2.05, 4.69) is 65.9 Å². The summed E-state index contributed by atoms with van der Waals surface area (Å²) in [5, 5.41) is 28.9. The van der Waals surface area contributed by atoms with Crippen LogP contribution in [-0.4, -0.2) is 33.6 Å². The third-order valence-corrected chi connectivity index (χ3v) is 8.18. The highest BCUT2D eigenvalue weighted by molar-refractivity contribution is 5.24. The van der Waals surface area contributed by atoms with Gasteiger partial charge in [0.15, 0.2) is 6.10 Å². The molecule has 49 heavy (non-hydrogen) atoms. The van der Waals surface area contributed by atoms with E-state index in [1.165, 1.54) is 89.9 Å². The van der Waals surface area contributed by atoms with E-state index < -0.39 is 12.2 Å². The molecule has 0 aromatic carbocycles. The zero-order valence-electron chi connectivity index (χ0n) is 30.7. The fourth-order valence-electron chi connectivity index (χ4n) is 5.24. The van der Waals surface area contributed by atoms with Gasteiger partial charge in [0.2, 0.25) is 0 Å². The van der Waals surface area contributed by atoms with Crippen LogP contribution in [0.3, 0.4) is 0 Å². The van der Waals surface area contributed by atoms with E-state index in [9.17, 15) is 15.3 Å². The van der Waals surface area contributed by atoms with Crippen molar-refractivity contribution >= 4 is 0 Å². The lowest BCUT2D eigenvalue weighted by Crippen LogP contribution is -2.01. The Balaban J connectivity index is 3.53. The fraction of sp³-hybridized carbons (Fsp3) is 0.609. The van der Waals surface area contributed by atoms with Crippen LogP contribution in [0.1, 0.15) is 161 Å². The third-order valence-electron chi connectivity index (χ3n) is 8.18. The van der Waals surface area contributed by atoms with Gasteiger partial charge >= 0.3 is 0 Å². The highest BCUT2D eigenvalue weighted by atomic mass is 16.3. The van der Waals surface area contributed by atoms with Gasteiger partial charge in [-0.3, -0.25) is 0 Å². The summed E-state index contributed by atoms with van der Waals surface area (Å²) in [6.07, 6.45) is 57.3. The maximum absolute atomic E-state index is 9.93.